The summed E-state index contributed by atoms with van der Waals surface area (Å²) in [6, 6.07) is 20.8. The lowest BCUT2D eigenvalue weighted by molar-refractivity contribution is -0.116. The number of nitrogens with one attached hydrogen (secondary N) is 3. The van der Waals surface area contributed by atoms with Crippen molar-refractivity contribution in [2.75, 3.05) is 43.9 Å². The highest BCUT2D eigenvalue weighted by Crippen LogP contribution is 2.32. The number of halogens is 1. The molecular formula is C40H42ClN5O7. The van der Waals surface area contributed by atoms with E-state index in [-0.39, 0.29) is 36.4 Å². The van der Waals surface area contributed by atoms with Crippen molar-refractivity contribution in [3.05, 3.63) is 113 Å². The second-order valence-corrected chi connectivity index (χ2v) is 13.4. The summed E-state index contributed by atoms with van der Waals surface area (Å²) in [7, 11) is 1.52. The highest BCUT2D eigenvalue weighted by molar-refractivity contribution is 6.33. The summed E-state index contributed by atoms with van der Waals surface area (Å²) in [6.07, 6.45) is 5.95. The van der Waals surface area contributed by atoms with E-state index in [1.165, 1.54) is 19.3 Å². The number of dihydropyridines is 1. The number of methoxy groups -OCH3 is 1. The van der Waals surface area contributed by atoms with E-state index in [0.29, 0.717) is 66.7 Å². The van der Waals surface area contributed by atoms with Crippen molar-refractivity contribution in [3.63, 3.8) is 0 Å². The molecule has 2 heterocycles. The van der Waals surface area contributed by atoms with E-state index in [2.05, 4.69) is 25.8 Å². The molecule has 1 unspecified atom stereocenters. The number of benzene rings is 3. The molecule has 6 rings (SSSR count). The van der Waals surface area contributed by atoms with Crippen LogP contribution in [0.15, 0.2) is 107 Å². The number of allylic oxidation sites excluding steroid dienone is 4. The average Bonchev–Trinajstić information content (AvgIpc) is 3.16. The number of rotatable bonds is 13. The van der Waals surface area contributed by atoms with Gasteiger partial charge in [-0.2, -0.15) is 0 Å². The summed E-state index contributed by atoms with van der Waals surface area (Å²) < 4.78 is 11.3. The smallest absolute Gasteiger partial charge is 0.411 e. The molecule has 1 fully saturated rings. The van der Waals surface area contributed by atoms with Gasteiger partial charge in [0.05, 0.1) is 35.3 Å². The number of fused-ring (bicyclic) bond motifs is 1. The van der Waals surface area contributed by atoms with Crippen molar-refractivity contribution in [1.82, 2.24) is 10.2 Å². The van der Waals surface area contributed by atoms with Crippen molar-refractivity contribution >= 4 is 46.6 Å². The van der Waals surface area contributed by atoms with Crippen LogP contribution in [0.3, 0.4) is 0 Å². The van der Waals surface area contributed by atoms with Crippen molar-refractivity contribution in [2.24, 2.45) is 10.9 Å². The summed E-state index contributed by atoms with van der Waals surface area (Å²) in [4.78, 5) is 43.4. The number of anilines is 2. The number of carbonyl (C=O) groups is 3. The van der Waals surface area contributed by atoms with Gasteiger partial charge in [-0.25, -0.2) is 9.79 Å². The Morgan fingerprint density at radius 3 is 2.55 bits per heavy atom. The first kappa shape index (κ1) is 37.5. The summed E-state index contributed by atoms with van der Waals surface area (Å²) in [5.74, 6) is -0.732. The number of nitrogens with zero attached hydrogens (tertiary/aromatic N) is 2. The van der Waals surface area contributed by atoms with Gasteiger partial charge in [0.25, 0.3) is 5.91 Å². The van der Waals surface area contributed by atoms with Gasteiger partial charge in [-0.1, -0.05) is 72.3 Å². The lowest BCUT2D eigenvalue weighted by Crippen LogP contribution is -2.39. The van der Waals surface area contributed by atoms with Crippen molar-refractivity contribution in [1.29, 1.82) is 0 Å². The molecule has 3 amide bonds. The number of aliphatic imine (C=N–C) groups is 1. The standard InChI is InChI=1S/C40H42ClN5O7/c1-52-36-22-33(31(41)21-26(36)23-42-24-35(48)29-11-13-34(47)39-30(29)12-14-37(49)45-39)43-38(50)17-20-46-18-15-27(16-19-46)53-40(51)44-32-10-6-5-9-28(32)25-7-3-2-4-8-25/h2-14,21-22,27,30,35,42,47-48H,15-20,23-24H2,1H3,(H,43,50)(H,44,51)/t30?,35-/m1/s1. The Labute approximate surface area is 312 Å². The number of ether oxygens (including phenoxy) is 2. The zero-order valence-corrected chi connectivity index (χ0v) is 30.0. The zero-order valence-electron chi connectivity index (χ0n) is 29.3. The average molecular weight is 740 g/mol. The molecule has 1 saturated heterocycles. The maximum Gasteiger partial charge on any atom is 0.411 e. The molecule has 12 nitrogen and oxygen atoms in total. The van der Waals surface area contributed by atoms with Gasteiger partial charge in [-0.15, -0.1) is 0 Å². The molecule has 276 valence electrons. The molecule has 53 heavy (non-hydrogen) atoms. The topological polar surface area (TPSA) is 162 Å². The Kier molecular flexibility index (Phi) is 12.4. The molecule has 3 aromatic rings. The van der Waals surface area contributed by atoms with Crippen LogP contribution in [0.5, 0.6) is 5.75 Å². The Bertz CT molecular complexity index is 1950. The Hall–Kier alpha value is -5.27. The lowest BCUT2D eigenvalue weighted by Gasteiger charge is -2.31. The van der Waals surface area contributed by atoms with Gasteiger partial charge >= 0.3 is 6.09 Å². The monoisotopic (exact) mass is 739 g/mol. The third-order valence-electron chi connectivity index (χ3n) is 9.41. The number of aliphatic hydroxyl groups is 2. The van der Waals surface area contributed by atoms with Crippen LogP contribution in [0.25, 0.3) is 11.1 Å². The van der Waals surface area contributed by atoms with E-state index < -0.39 is 24.0 Å². The Morgan fingerprint density at radius 2 is 1.77 bits per heavy atom. The summed E-state index contributed by atoms with van der Waals surface area (Å²) in [5.41, 5.74) is 4.58. The van der Waals surface area contributed by atoms with Gasteiger partial charge < -0.3 is 35.2 Å². The van der Waals surface area contributed by atoms with Crippen LogP contribution in [0.1, 0.15) is 24.8 Å². The van der Waals surface area contributed by atoms with Crippen LogP contribution >= 0.6 is 11.6 Å². The van der Waals surface area contributed by atoms with Crippen molar-refractivity contribution < 1.29 is 34.1 Å². The summed E-state index contributed by atoms with van der Waals surface area (Å²) in [6.45, 7) is 2.41. The fraction of sp³-hybridized carbons (Fsp3) is 0.300. The largest absolute Gasteiger partial charge is 0.506 e. The van der Waals surface area contributed by atoms with Gasteiger partial charge in [0.1, 0.15) is 17.6 Å². The number of hydrogen-bond donors (Lipinski definition) is 5. The quantitative estimate of drug-likeness (QED) is 0.141. The molecule has 0 radical (unpaired) electrons. The van der Waals surface area contributed by atoms with Gasteiger partial charge in [-0.3, -0.25) is 14.9 Å². The lowest BCUT2D eigenvalue weighted by atomic mass is 9.84. The number of para-hydroxylation sites is 1. The Balaban J connectivity index is 0.931. The van der Waals surface area contributed by atoms with Gasteiger partial charge in [-0.05, 0) is 42.2 Å². The van der Waals surface area contributed by atoms with Crippen LogP contribution in [0, 0.1) is 5.92 Å². The third-order valence-corrected chi connectivity index (χ3v) is 9.72. The van der Waals surface area contributed by atoms with Crippen LogP contribution in [-0.2, 0) is 20.9 Å². The highest BCUT2D eigenvalue weighted by Gasteiger charge is 2.31. The van der Waals surface area contributed by atoms with Crippen LogP contribution < -0.4 is 20.7 Å². The van der Waals surface area contributed by atoms with Crippen LogP contribution in [0.2, 0.25) is 5.02 Å². The van der Waals surface area contributed by atoms with E-state index in [1.807, 2.05) is 54.6 Å². The molecule has 5 N–H and O–H groups in total. The van der Waals surface area contributed by atoms with E-state index >= 15 is 0 Å². The SMILES string of the molecule is COc1cc(NC(=O)CCN2CCC(OC(=O)Nc3ccccc3-c3ccccc3)CC2)c(Cl)cc1CNC[C@@H](O)C1=CC=C(O)C2=NC(=O)C=CC12. The minimum Gasteiger partial charge on any atom is -0.506 e. The second kappa shape index (κ2) is 17.5. The van der Waals surface area contributed by atoms with Crippen LogP contribution in [-0.4, -0.2) is 84.2 Å². The fourth-order valence-electron chi connectivity index (χ4n) is 6.62. The maximum atomic E-state index is 12.9. The van der Waals surface area contributed by atoms with E-state index in [4.69, 9.17) is 21.1 Å². The molecular weight excluding hydrogens is 698 g/mol. The molecule has 2 atom stereocenters. The summed E-state index contributed by atoms with van der Waals surface area (Å²) in [5, 5.41) is 30.4. The van der Waals surface area contributed by atoms with Crippen LogP contribution in [0.4, 0.5) is 16.2 Å². The first-order chi connectivity index (χ1) is 25.7. The predicted octanol–water partition coefficient (Wildman–Crippen LogP) is 6.04. The van der Waals surface area contributed by atoms with Gasteiger partial charge in [0, 0.05) is 68.3 Å². The summed E-state index contributed by atoms with van der Waals surface area (Å²) >= 11 is 6.57. The first-order valence-corrected chi connectivity index (χ1v) is 17.9. The molecule has 1 aliphatic carbocycles. The molecule has 13 heteroatoms. The minimum absolute atomic E-state index is 0.0986. The number of hydrogen-bond acceptors (Lipinski definition) is 9. The maximum absolute atomic E-state index is 12.9. The molecule has 2 aliphatic heterocycles. The molecule has 3 aliphatic rings. The number of aliphatic hydroxyl groups excluding tert-OH is 2. The molecule has 0 saturated carbocycles. The molecule has 3 aromatic carbocycles. The molecule has 0 bridgehead atoms. The molecule has 0 spiro atoms. The van der Waals surface area contributed by atoms with Crippen molar-refractivity contribution in [3.8, 4) is 16.9 Å². The third kappa shape index (κ3) is 9.59. The molecule has 0 aromatic heterocycles. The second-order valence-electron chi connectivity index (χ2n) is 13.0. The van der Waals surface area contributed by atoms with E-state index in [1.54, 1.807) is 24.3 Å². The zero-order chi connectivity index (χ0) is 37.3. The highest BCUT2D eigenvalue weighted by atomic mass is 35.5. The van der Waals surface area contributed by atoms with E-state index in [9.17, 15) is 24.6 Å². The number of likely N-dealkylation sites (tertiary alicyclic amines) is 1. The van der Waals surface area contributed by atoms with Gasteiger partial charge in [0.2, 0.25) is 5.91 Å². The predicted molar refractivity (Wildman–Crippen MR) is 204 cm³/mol. The Morgan fingerprint density at radius 1 is 1.02 bits per heavy atom. The first-order valence-electron chi connectivity index (χ1n) is 17.5. The normalized spacial score (nSPS) is 17.9. The van der Waals surface area contributed by atoms with E-state index in [0.717, 1.165) is 16.7 Å². The minimum atomic E-state index is -0.918. The fourth-order valence-corrected chi connectivity index (χ4v) is 6.85. The number of amides is 3. The van der Waals surface area contributed by atoms with Crippen molar-refractivity contribution in [2.45, 2.75) is 38.0 Å². The number of piperidine rings is 1. The van der Waals surface area contributed by atoms with Gasteiger partial charge in [0.15, 0.2) is 0 Å². The number of carbonyl (C=O) groups excluding carboxylic acids is 3.